The largest absolute Gasteiger partial charge is 0.395 e. The lowest BCUT2D eigenvalue weighted by molar-refractivity contribution is -0.128. The molecule has 120 valence electrons. The van der Waals surface area contributed by atoms with Gasteiger partial charge in [-0.1, -0.05) is 19.1 Å². The number of likely N-dealkylation sites (tertiary alicyclic amines) is 1. The molecule has 0 radical (unpaired) electrons. The number of carbonyl (C=O) groups excluding carboxylic acids is 2. The molecule has 5 heteroatoms. The molecule has 1 fully saturated rings. The van der Waals surface area contributed by atoms with E-state index in [-0.39, 0.29) is 18.4 Å². The maximum atomic E-state index is 12.5. The quantitative estimate of drug-likeness (QED) is 0.833. The fourth-order valence-electron chi connectivity index (χ4n) is 2.78. The number of hydrogen-bond donors (Lipinski definition) is 1. The van der Waals surface area contributed by atoms with Crippen LogP contribution < -0.4 is 0 Å². The van der Waals surface area contributed by atoms with Crippen molar-refractivity contribution in [2.45, 2.75) is 32.7 Å². The van der Waals surface area contributed by atoms with E-state index in [1.165, 1.54) is 0 Å². The van der Waals surface area contributed by atoms with Gasteiger partial charge in [0.2, 0.25) is 5.91 Å². The number of aliphatic hydroxyl groups is 1. The summed E-state index contributed by atoms with van der Waals surface area (Å²) in [5, 5.41) is 9.09. The molecule has 2 amide bonds. The first-order valence-corrected chi connectivity index (χ1v) is 7.92. The lowest BCUT2D eigenvalue weighted by atomic mass is 10.1. The highest BCUT2D eigenvalue weighted by atomic mass is 16.3. The van der Waals surface area contributed by atoms with Crippen molar-refractivity contribution in [3.05, 3.63) is 35.4 Å². The van der Waals surface area contributed by atoms with Crippen LogP contribution in [0.5, 0.6) is 0 Å². The summed E-state index contributed by atoms with van der Waals surface area (Å²) in [4.78, 5) is 27.7. The summed E-state index contributed by atoms with van der Waals surface area (Å²) in [5.41, 5.74) is 1.59. The predicted octanol–water partition coefficient (Wildman–Crippen LogP) is 1.65. The normalized spacial score (nSPS) is 14.5. The number of nitrogens with zero attached hydrogens (tertiary/aromatic N) is 2. The number of benzene rings is 1. The van der Waals surface area contributed by atoms with Gasteiger partial charge in [0, 0.05) is 38.2 Å². The highest BCUT2D eigenvalue weighted by Gasteiger charge is 2.21. The van der Waals surface area contributed by atoms with E-state index >= 15 is 0 Å². The van der Waals surface area contributed by atoms with Crippen molar-refractivity contribution in [2.24, 2.45) is 0 Å². The Morgan fingerprint density at radius 2 is 2.18 bits per heavy atom. The van der Waals surface area contributed by atoms with E-state index in [2.05, 4.69) is 0 Å². The third-order valence-corrected chi connectivity index (χ3v) is 3.87. The van der Waals surface area contributed by atoms with Crippen LogP contribution in [0.25, 0.3) is 0 Å². The first-order chi connectivity index (χ1) is 10.7. The minimum atomic E-state index is -0.0644. The highest BCUT2D eigenvalue weighted by Crippen LogP contribution is 2.16. The zero-order valence-electron chi connectivity index (χ0n) is 13.1. The fourth-order valence-corrected chi connectivity index (χ4v) is 2.78. The summed E-state index contributed by atoms with van der Waals surface area (Å²) in [5.74, 6) is 0.120. The standard InChI is InChI=1S/C17H24N2O3/c1-2-8-18(10-11-20)17(22)15-6-3-5-14(12-15)13-19-9-4-7-16(19)21/h3,5-6,12,20H,2,4,7-11,13H2,1H3. The number of aliphatic hydroxyl groups excluding tert-OH is 1. The Kier molecular flexibility index (Phi) is 5.95. The van der Waals surface area contributed by atoms with Crippen molar-refractivity contribution in [2.75, 3.05) is 26.2 Å². The topological polar surface area (TPSA) is 60.9 Å². The van der Waals surface area contributed by atoms with Crippen LogP contribution in [-0.2, 0) is 11.3 Å². The molecule has 1 aliphatic rings. The Balaban J connectivity index is 2.09. The van der Waals surface area contributed by atoms with Gasteiger partial charge < -0.3 is 14.9 Å². The van der Waals surface area contributed by atoms with Gasteiger partial charge in [-0.2, -0.15) is 0 Å². The second kappa shape index (κ2) is 7.94. The maximum Gasteiger partial charge on any atom is 0.253 e. The summed E-state index contributed by atoms with van der Waals surface area (Å²) >= 11 is 0. The van der Waals surface area contributed by atoms with Gasteiger partial charge in [-0.15, -0.1) is 0 Å². The highest BCUT2D eigenvalue weighted by molar-refractivity contribution is 5.94. The molecule has 0 atom stereocenters. The maximum absolute atomic E-state index is 12.5. The van der Waals surface area contributed by atoms with Crippen LogP contribution in [0.1, 0.15) is 42.1 Å². The van der Waals surface area contributed by atoms with Crippen LogP contribution >= 0.6 is 0 Å². The summed E-state index contributed by atoms with van der Waals surface area (Å²) in [7, 11) is 0. The van der Waals surface area contributed by atoms with Crippen molar-refractivity contribution >= 4 is 11.8 Å². The second-order valence-corrected chi connectivity index (χ2v) is 5.64. The van der Waals surface area contributed by atoms with Gasteiger partial charge >= 0.3 is 0 Å². The van der Waals surface area contributed by atoms with Crippen LogP contribution in [0.15, 0.2) is 24.3 Å². The zero-order valence-corrected chi connectivity index (χ0v) is 13.1. The molecule has 1 heterocycles. The van der Waals surface area contributed by atoms with Crippen molar-refractivity contribution in [1.82, 2.24) is 9.80 Å². The van der Waals surface area contributed by atoms with Gasteiger partial charge in [0.05, 0.1) is 6.61 Å². The van der Waals surface area contributed by atoms with Gasteiger partial charge in [0.25, 0.3) is 5.91 Å². The van der Waals surface area contributed by atoms with E-state index in [1.54, 1.807) is 11.0 Å². The summed E-state index contributed by atoms with van der Waals surface area (Å²) in [6, 6.07) is 7.44. The minimum absolute atomic E-state index is 0.0340. The van der Waals surface area contributed by atoms with Crippen LogP contribution in [0.3, 0.4) is 0 Å². The third-order valence-electron chi connectivity index (χ3n) is 3.87. The van der Waals surface area contributed by atoms with E-state index in [0.717, 1.165) is 24.9 Å². The first kappa shape index (κ1) is 16.5. The monoisotopic (exact) mass is 304 g/mol. The third kappa shape index (κ3) is 4.07. The Morgan fingerprint density at radius 1 is 1.36 bits per heavy atom. The summed E-state index contributed by atoms with van der Waals surface area (Å²) in [6.45, 7) is 4.31. The molecule has 0 saturated carbocycles. The molecule has 22 heavy (non-hydrogen) atoms. The average Bonchev–Trinajstić information content (AvgIpc) is 2.92. The van der Waals surface area contributed by atoms with E-state index < -0.39 is 0 Å². The number of carbonyl (C=O) groups is 2. The second-order valence-electron chi connectivity index (χ2n) is 5.64. The molecular weight excluding hydrogens is 280 g/mol. The molecule has 5 nitrogen and oxygen atoms in total. The van der Waals surface area contributed by atoms with Gasteiger partial charge in [-0.05, 0) is 30.5 Å². The number of rotatable bonds is 7. The smallest absolute Gasteiger partial charge is 0.253 e. The van der Waals surface area contributed by atoms with Gasteiger partial charge in [0.1, 0.15) is 0 Å². The van der Waals surface area contributed by atoms with Crippen molar-refractivity contribution < 1.29 is 14.7 Å². The molecular formula is C17H24N2O3. The van der Waals surface area contributed by atoms with E-state index in [4.69, 9.17) is 5.11 Å². The van der Waals surface area contributed by atoms with Crippen molar-refractivity contribution in [3.8, 4) is 0 Å². The van der Waals surface area contributed by atoms with E-state index in [9.17, 15) is 9.59 Å². The Bertz CT molecular complexity index is 524. The van der Waals surface area contributed by atoms with E-state index in [1.807, 2.05) is 30.0 Å². The van der Waals surface area contributed by atoms with Gasteiger partial charge in [-0.3, -0.25) is 9.59 Å². The van der Waals surface area contributed by atoms with E-state index in [0.29, 0.717) is 31.6 Å². The molecule has 1 aliphatic heterocycles. The van der Waals surface area contributed by atoms with Gasteiger partial charge in [-0.25, -0.2) is 0 Å². The van der Waals surface area contributed by atoms with Crippen molar-refractivity contribution in [1.29, 1.82) is 0 Å². The first-order valence-electron chi connectivity index (χ1n) is 7.92. The Hall–Kier alpha value is -1.88. The fraction of sp³-hybridized carbons (Fsp3) is 0.529. The molecule has 2 rings (SSSR count). The molecule has 0 aliphatic carbocycles. The van der Waals surface area contributed by atoms with Crippen LogP contribution in [0, 0.1) is 0 Å². The van der Waals surface area contributed by atoms with Crippen LogP contribution in [0.4, 0.5) is 0 Å². The van der Waals surface area contributed by atoms with Crippen LogP contribution in [0.2, 0.25) is 0 Å². The lowest BCUT2D eigenvalue weighted by Gasteiger charge is -2.22. The predicted molar refractivity (Wildman–Crippen MR) is 84.4 cm³/mol. The number of hydrogen-bond acceptors (Lipinski definition) is 3. The molecule has 1 aromatic rings. The van der Waals surface area contributed by atoms with Crippen molar-refractivity contribution in [3.63, 3.8) is 0 Å². The molecule has 0 aromatic heterocycles. The molecule has 0 spiro atoms. The van der Waals surface area contributed by atoms with Gasteiger partial charge in [0.15, 0.2) is 0 Å². The molecule has 0 bridgehead atoms. The molecule has 1 aromatic carbocycles. The Labute approximate surface area is 131 Å². The Morgan fingerprint density at radius 3 is 2.82 bits per heavy atom. The minimum Gasteiger partial charge on any atom is -0.395 e. The average molecular weight is 304 g/mol. The summed E-state index contributed by atoms with van der Waals surface area (Å²) in [6.07, 6.45) is 2.39. The van der Waals surface area contributed by atoms with Crippen LogP contribution in [-0.4, -0.2) is 53.0 Å². The zero-order chi connectivity index (χ0) is 15.9. The summed E-state index contributed by atoms with van der Waals surface area (Å²) < 4.78 is 0. The number of amides is 2. The molecule has 0 unspecified atom stereocenters. The lowest BCUT2D eigenvalue weighted by Crippen LogP contribution is -2.34. The molecule has 1 saturated heterocycles. The molecule has 1 N–H and O–H groups in total. The SMILES string of the molecule is CCCN(CCO)C(=O)c1cccc(CN2CCCC2=O)c1.